The molecule has 2 heteroatoms. The molecule has 1 heterocycles. The molecule has 0 aliphatic rings. The van der Waals surface area contributed by atoms with E-state index in [1.54, 1.807) is 0 Å². The smallest absolute Gasteiger partial charge is 0.208 e. The second-order valence-corrected chi connectivity index (χ2v) is 1.00. The Kier molecular flexibility index (Phi) is 0.819. The summed E-state index contributed by atoms with van der Waals surface area (Å²) in [5.41, 5.74) is 0. The molecule has 0 saturated heterocycles. The van der Waals surface area contributed by atoms with E-state index in [9.17, 15) is 0 Å². The van der Waals surface area contributed by atoms with E-state index >= 15 is 0 Å². The lowest BCUT2D eigenvalue weighted by atomic mass is 10.8. The topological polar surface area (TPSA) is 28.3 Å². The lowest BCUT2D eigenvalue weighted by Gasteiger charge is -1.57. The molecule has 1 aromatic rings. The Balaban J connectivity index is 3.00. The maximum atomic E-state index is 2.86. The van der Waals surface area contributed by atoms with Gasteiger partial charge in [0, 0.05) is 0 Å². The third kappa shape index (κ3) is 0.516. The summed E-state index contributed by atoms with van der Waals surface area (Å²) in [6.07, 6.45) is 7.28. The van der Waals surface area contributed by atoms with Crippen molar-refractivity contribution < 1.29 is 9.97 Å². The molecule has 2 nitrogen and oxygen atoms in total. The monoisotopic (exact) mass is 82.1 g/mol. The Morgan fingerprint density at radius 2 is 1.00 bits per heavy atom. The minimum atomic E-state index is 1.82. The van der Waals surface area contributed by atoms with Crippen LogP contribution in [0.4, 0.5) is 0 Å². The lowest BCUT2D eigenvalue weighted by Crippen LogP contribution is -2.07. The van der Waals surface area contributed by atoms with Crippen molar-refractivity contribution in [1.29, 1.82) is 0 Å². The summed E-state index contributed by atoms with van der Waals surface area (Å²) in [7, 11) is 0. The molecular weight excluding hydrogens is 76.1 g/mol. The molecule has 0 aliphatic carbocycles. The number of hydrogen-bond acceptors (Lipinski definition) is 0. The van der Waals surface area contributed by atoms with Crippen LogP contribution in [0.1, 0.15) is 0 Å². The van der Waals surface area contributed by atoms with Crippen LogP contribution in [0.5, 0.6) is 0 Å². The van der Waals surface area contributed by atoms with E-state index in [1.165, 1.54) is 0 Å². The summed E-state index contributed by atoms with van der Waals surface area (Å²) in [4.78, 5) is 5.72. The summed E-state index contributed by atoms with van der Waals surface area (Å²) in [6.45, 7) is 0. The number of rotatable bonds is 0. The first-order valence-electron chi connectivity index (χ1n) is 1.82. The molecule has 0 aromatic carbocycles. The maximum absolute atomic E-state index is 2.86. The van der Waals surface area contributed by atoms with Crippen LogP contribution < -0.4 is 9.97 Å². The molecule has 1 rings (SSSR count). The summed E-state index contributed by atoms with van der Waals surface area (Å²) >= 11 is 0. The average molecular weight is 82.1 g/mol. The van der Waals surface area contributed by atoms with Gasteiger partial charge in [0.15, 0.2) is 0 Å². The number of H-pyrrole nitrogens is 2. The first-order chi connectivity index (χ1) is 3.00. The predicted molar refractivity (Wildman–Crippen MR) is 19.6 cm³/mol. The third-order valence-electron chi connectivity index (χ3n) is 0.552. The quantitative estimate of drug-likeness (QED) is 0.396. The summed E-state index contributed by atoms with van der Waals surface area (Å²) < 4.78 is 0. The Labute approximate surface area is 35.9 Å². The summed E-state index contributed by atoms with van der Waals surface area (Å²) in [5, 5.41) is 0. The molecule has 0 spiro atoms. The predicted octanol–water partition coefficient (Wildman–Crippen LogP) is -0.685. The normalized spacial score (nSPS) is 8.00. The number of aromatic nitrogens is 2. The van der Waals surface area contributed by atoms with Crippen LogP contribution in [0.15, 0.2) is 24.8 Å². The van der Waals surface area contributed by atoms with Gasteiger partial charge in [-0.1, -0.05) is 0 Å². The summed E-state index contributed by atoms with van der Waals surface area (Å²) in [6, 6.07) is 0. The molecule has 0 amide bonds. The van der Waals surface area contributed by atoms with Crippen LogP contribution in [-0.2, 0) is 0 Å². The second-order valence-electron chi connectivity index (χ2n) is 1.00. The Morgan fingerprint density at radius 1 is 0.667 bits per heavy atom. The van der Waals surface area contributed by atoms with Crippen molar-refractivity contribution in [1.82, 2.24) is 0 Å². The SMILES string of the molecule is c1c[nH+]cc[nH+]1. The van der Waals surface area contributed by atoms with E-state index in [0.29, 0.717) is 0 Å². The highest BCUT2D eigenvalue weighted by Crippen LogP contribution is 1.49. The Morgan fingerprint density at radius 3 is 1.17 bits per heavy atom. The van der Waals surface area contributed by atoms with Gasteiger partial charge in [-0.25, -0.2) is 9.97 Å². The Bertz CT molecular complexity index is 77.5. The first-order valence-corrected chi connectivity index (χ1v) is 1.82. The van der Waals surface area contributed by atoms with E-state index < -0.39 is 0 Å². The number of nitrogens with one attached hydrogen (secondary N) is 2. The van der Waals surface area contributed by atoms with Gasteiger partial charge in [0.05, 0.1) is 0 Å². The first kappa shape index (κ1) is 3.28. The van der Waals surface area contributed by atoms with Crippen LogP contribution in [0.2, 0.25) is 0 Å². The van der Waals surface area contributed by atoms with Crippen LogP contribution in [0.3, 0.4) is 0 Å². The minimum absolute atomic E-state index is 1.82. The van der Waals surface area contributed by atoms with Gasteiger partial charge in [0.25, 0.3) is 0 Å². The molecule has 2 N–H and O–H groups in total. The van der Waals surface area contributed by atoms with E-state index in [4.69, 9.17) is 0 Å². The van der Waals surface area contributed by atoms with Crippen molar-refractivity contribution in [2.75, 3.05) is 0 Å². The highest BCUT2D eigenvalue weighted by atomic mass is 14.7. The van der Waals surface area contributed by atoms with Gasteiger partial charge in [0.2, 0.25) is 24.8 Å². The third-order valence-corrected chi connectivity index (χ3v) is 0.552. The van der Waals surface area contributed by atoms with Crippen molar-refractivity contribution in [3.05, 3.63) is 24.8 Å². The number of aromatic amines is 2. The summed E-state index contributed by atoms with van der Waals surface area (Å²) in [5.74, 6) is 0. The standard InChI is InChI=1S/C4H4N2/c1-2-6-4-3-5-1/h1-4H/p+2. The largest absolute Gasteiger partial charge is 0.231 e. The van der Waals surface area contributed by atoms with Crippen molar-refractivity contribution in [2.24, 2.45) is 0 Å². The molecule has 1 aromatic heterocycles. The zero-order valence-electron chi connectivity index (χ0n) is 3.31. The molecule has 0 unspecified atom stereocenters. The van der Waals surface area contributed by atoms with Crippen molar-refractivity contribution in [3.63, 3.8) is 0 Å². The van der Waals surface area contributed by atoms with E-state index in [-0.39, 0.29) is 0 Å². The van der Waals surface area contributed by atoms with Crippen LogP contribution >= 0.6 is 0 Å². The lowest BCUT2D eigenvalue weighted by molar-refractivity contribution is -0.447. The molecule has 0 atom stereocenters. The molecule has 0 fully saturated rings. The fraction of sp³-hybridized carbons (Fsp3) is 0. The zero-order chi connectivity index (χ0) is 4.24. The fourth-order valence-electron chi connectivity index (χ4n) is 0.304. The van der Waals surface area contributed by atoms with E-state index in [1.807, 2.05) is 24.8 Å². The second kappa shape index (κ2) is 1.50. The molecule has 30 valence electrons. The average Bonchev–Trinajstić information content (AvgIpc) is 1.72. The van der Waals surface area contributed by atoms with Crippen molar-refractivity contribution >= 4 is 0 Å². The fourth-order valence-corrected chi connectivity index (χ4v) is 0.304. The number of hydrogen-bond donors (Lipinski definition) is 0. The van der Waals surface area contributed by atoms with Crippen LogP contribution in [0.25, 0.3) is 0 Å². The van der Waals surface area contributed by atoms with Crippen LogP contribution in [0, 0.1) is 0 Å². The van der Waals surface area contributed by atoms with Gasteiger partial charge in [-0.2, -0.15) is 0 Å². The maximum Gasteiger partial charge on any atom is 0.231 e. The molecule has 0 bridgehead atoms. The van der Waals surface area contributed by atoms with Crippen molar-refractivity contribution in [2.45, 2.75) is 0 Å². The molecule has 0 radical (unpaired) electrons. The molecule has 6 heavy (non-hydrogen) atoms. The minimum Gasteiger partial charge on any atom is -0.208 e. The van der Waals surface area contributed by atoms with E-state index in [2.05, 4.69) is 9.97 Å². The van der Waals surface area contributed by atoms with Crippen molar-refractivity contribution in [3.8, 4) is 0 Å². The van der Waals surface area contributed by atoms with E-state index in [0.717, 1.165) is 0 Å². The van der Waals surface area contributed by atoms with Gasteiger partial charge >= 0.3 is 0 Å². The highest BCUT2D eigenvalue weighted by molar-refractivity contribution is 4.47. The molecule has 0 saturated carbocycles. The van der Waals surface area contributed by atoms with Gasteiger partial charge in [0.1, 0.15) is 0 Å². The zero-order valence-corrected chi connectivity index (χ0v) is 3.31. The highest BCUT2D eigenvalue weighted by Gasteiger charge is 1.74. The van der Waals surface area contributed by atoms with Gasteiger partial charge in [-0.3, -0.25) is 0 Å². The van der Waals surface area contributed by atoms with Gasteiger partial charge < -0.3 is 0 Å². The molecule has 0 aliphatic heterocycles. The molecular formula is C4H6N2+2. The van der Waals surface area contributed by atoms with Gasteiger partial charge in [-0.15, -0.1) is 0 Å². The van der Waals surface area contributed by atoms with Crippen LogP contribution in [-0.4, -0.2) is 0 Å². The Hall–Kier alpha value is -0.920. The van der Waals surface area contributed by atoms with Gasteiger partial charge in [-0.05, 0) is 0 Å².